The Balaban J connectivity index is 1.29. The van der Waals surface area contributed by atoms with Gasteiger partial charge in [-0.3, -0.25) is 9.59 Å². The zero-order valence-electron chi connectivity index (χ0n) is 23.4. The van der Waals surface area contributed by atoms with E-state index >= 15 is 0 Å². The molecule has 1 aromatic heterocycles. The molecular weight excluding hydrogens is 506 g/mol. The van der Waals surface area contributed by atoms with Gasteiger partial charge in [0.05, 0.1) is 13.0 Å². The standard InChI is InChI=1S/C32H39N3O5/c1-3-39-30(36)13-17-33-31(37)24(2)21-27-22-35(29-12-8-7-11-28(27)29)20-16-25-14-18-34(19-15-25)32(38)40-23-26-9-5-4-6-10-26/h4-12,21-22,25H,3,13-20,23H2,1-2H3,(H,33,37)/b24-21+. The normalized spacial score (nSPS) is 14.2. The van der Waals surface area contributed by atoms with Crippen molar-refractivity contribution in [2.45, 2.75) is 52.7 Å². The van der Waals surface area contributed by atoms with Gasteiger partial charge in [0.1, 0.15) is 6.61 Å². The third-order valence-corrected chi connectivity index (χ3v) is 7.33. The molecule has 8 heteroatoms. The molecule has 0 bridgehead atoms. The Morgan fingerprint density at radius 2 is 1.73 bits per heavy atom. The fourth-order valence-corrected chi connectivity index (χ4v) is 5.06. The molecule has 4 rings (SSSR count). The summed E-state index contributed by atoms with van der Waals surface area (Å²) in [5.41, 5.74) is 3.69. The summed E-state index contributed by atoms with van der Waals surface area (Å²) in [7, 11) is 0. The number of carbonyl (C=O) groups is 3. The average Bonchev–Trinajstić information content (AvgIpc) is 3.32. The minimum atomic E-state index is -0.318. The summed E-state index contributed by atoms with van der Waals surface area (Å²) in [5, 5.41) is 3.89. The van der Waals surface area contributed by atoms with E-state index in [1.54, 1.807) is 13.8 Å². The van der Waals surface area contributed by atoms with Gasteiger partial charge in [0.15, 0.2) is 0 Å². The van der Waals surface area contributed by atoms with E-state index in [2.05, 4.69) is 28.2 Å². The molecule has 0 atom stereocenters. The number of hydrogen-bond donors (Lipinski definition) is 1. The number of hydrogen-bond acceptors (Lipinski definition) is 5. The first-order chi connectivity index (χ1) is 19.4. The third kappa shape index (κ3) is 7.97. The second kappa shape index (κ2) is 14.4. The van der Waals surface area contributed by atoms with Gasteiger partial charge in [-0.15, -0.1) is 0 Å². The van der Waals surface area contributed by atoms with Gasteiger partial charge in [-0.25, -0.2) is 4.79 Å². The first-order valence-corrected chi connectivity index (χ1v) is 14.1. The molecule has 1 aliphatic rings. The van der Waals surface area contributed by atoms with Gasteiger partial charge in [0.2, 0.25) is 5.91 Å². The second-order valence-corrected chi connectivity index (χ2v) is 10.2. The molecule has 0 radical (unpaired) electrons. The minimum Gasteiger partial charge on any atom is -0.466 e. The van der Waals surface area contributed by atoms with Crippen molar-refractivity contribution in [1.29, 1.82) is 0 Å². The molecule has 212 valence electrons. The number of carbonyl (C=O) groups excluding carboxylic acids is 3. The highest BCUT2D eigenvalue weighted by Crippen LogP contribution is 2.27. The number of likely N-dealkylation sites (tertiary alicyclic amines) is 1. The van der Waals surface area contributed by atoms with Crippen molar-refractivity contribution in [2.75, 3.05) is 26.2 Å². The lowest BCUT2D eigenvalue weighted by Gasteiger charge is -2.31. The van der Waals surface area contributed by atoms with Gasteiger partial charge in [-0.1, -0.05) is 48.5 Å². The maximum Gasteiger partial charge on any atom is 0.410 e. The third-order valence-electron chi connectivity index (χ3n) is 7.33. The molecule has 3 aromatic rings. The Bertz CT molecular complexity index is 1320. The number of benzene rings is 2. The smallest absolute Gasteiger partial charge is 0.410 e. The Hall–Kier alpha value is -4.07. The van der Waals surface area contributed by atoms with Crippen LogP contribution in [0.25, 0.3) is 17.0 Å². The number of fused-ring (bicyclic) bond motifs is 1. The van der Waals surface area contributed by atoms with Crippen LogP contribution in [0.15, 0.2) is 66.4 Å². The van der Waals surface area contributed by atoms with Crippen LogP contribution in [0.1, 0.15) is 50.7 Å². The molecular formula is C32H39N3O5. The lowest BCUT2D eigenvalue weighted by Crippen LogP contribution is -2.38. The number of aryl methyl sites for hydroxylation is 1. The Labute approximate surface area is 235 Å². The van der Waals surface area contributed by atoms with Gasteiger partial charge in [0, 0.05) is 54.4 Å². The highest BCUT2D eigenvalue weighted by atomic mass is 16.6. The highest BCUT2D eigenvalue weighted by molar-refractivity contribution is 6.00. The molecule has 0 unspecified atom stereocenters. The van der Waals surface area contributed by atoms with Gasteiger partial charge in [0.25, 0.3) is 0 Å². The molecule has 0 spiro atoms. The molecule has 2 amide bonds. The topological polar surface area (TPSA) is 89.9 Å². The van der Waals surface area contributed by atoms with Crippen LogP contribution in [-0.2, 0) is 32.2 Å². The summed E-state index contributed by atoms with van der Waals surface area (Å²) in [4.78, 5) is 38.4. The first-order valence-electron chi connectivity index (χ1n) is 14.1. The van der Waals surface area contributed by atoms with Crippen LogP contribution in [0, 0.1) is 5.92 Å². The number of ether oxygens (including phenoxy) is 2. The van der Waals surface area contributed by atoms with Crippen LogP contribution in [0.2, 0.25) is 0 Å². The molecule has 2 aromatic carbocycles. The zero-order chi connectivity index (χ0) is 28.3. The van der Waals surface area contributed by atoms with Crippen molar-refractivity contribution >= 4 is 34.9 Å². The quantitative estimate of drug-likeness (QED) is 0.252. The van der Waals surface area contributed by atoms with Gasteiger partial charge in [-0.2, -0.15) is 0 Å². The van der Waals surface area contributed by atoms with E-state index in [0.29, 0.717) is 37.8 Å². The van der Waals surface area contributed by atoms with Crippen molar-refractivity contribution in [1.82, 2.24) is 14.8 Å². The molecule has 2 heterocycles. The predicted molar refractivity (Wildman–Crippen MR) is 155 cm³/mol. The van der Waals surface area contributed by atoms with Gasteiger partial charge < -0.3 is 24.3 Å². The number of amides is 2. The summed E-state index contributed by atoms with van der Waals surface area (Å²) in [6.07, 6.45) is 6.85. The van der Waals surface area contributed by atoms with Gasteiger partial charge in [-0.05, 0) is 56.7 Å². The molecule has 1 aliphatic heterocycles. The fourth-order valence-electron chi connectivity index (χ4n) is 5.06. The van der Waals surface area contributed by atoms with Crippen LogP contribution < -0.4 is 5.32 Å². The lowest BCUT2D eigenvalue weighted by atomic mass is 9.94. The largest absolute Gasteiger partial charge is 0.466 e. The lowest BCUT2D eigenvalue weighted by molar-refractivity contribution is -0.143. The summed E-state index contributed by atoms with van der Waals surface area (Å²) >= 11 is 0. The molecule has 1 N–H and O–H groups in total. The van der Waals surface area contributed by atoms with Gasteiger partial charge >= 0.3 is 12.1 Å². The second-order valence-electron chi connectivity index (χ2n) is 10.2. The summed E-state index contributed by atoms with van der Waals surface area (Å²) in [6.45, 7) is 6.70. The average molecular weight is 546 g/mol. The molecule has 40 heavy (non-hydrogen) atoms. The summed E-state index contributed by atoms with van der Waals surface area (Å²) in [5.74, 6) is 0.0154. The highest BCUT2D eigenvalue weighted by Gasteiger charge is 2.24. The number of aromatic nitrogens is 1. The van der Waals surface area contributed by atoms with Crippen molar-refractivity contribution in [2.24, 2.45) is 5.92 Å². The van der Waals surface area contributed by atoms with E-state index in [1.165, 1.54) is 0 Å². The molecule has 8 nitrogen and oxygen atoms in total. The van der Waals surface area contributed by atoms with E-state index in [9.17, 15) is 14.4 Å². The van der Waals surface area contributed by atoms with Crippen LogP contribution in [-0.4, -0.2) is 53.7 Å². The number of esters is 1. The molecule has 1 saturated heterocycles. The van der Waals surface area contributed by atoms with E-state index in [4.69, 9.17) is 9.47 Å². The number of rotatable bonds is 11. The van der Waals surface area contributed by atoms with E-state index in [0.717, 1.165) is 47.8 Å². The Morgan fingerprint density at radius 1 is 1.00 bits per heavy atom. The Kier molecular flexibility index (Phi) is 10.4. The van der Waals surface area contributed by atoms with Crippen LogP contribution in [0.4, 0.5) is 4.79 Å². The van der Waals surface area contributed by atoms with Crippen molar-refractivity contribution in [3.8, 4) is 0 Å². The van der Waals surface area contributed by atoms with Crippen LogP contribution in [0.3, 0.4) is 0 Å². The van der Waals surface area contributed by atoms with Crippen molar-refractivity contribution in [3.63, 3.8) is 0 Å². The molecule has 0 saturated carbocycles. The maximum absolute atomic E-state index is 12.6. The fraction of sp³-hybridized carbons (Fsp3) is 0.406. The monoisotopic (exact) mass is 545 g/mol. The minimum absolute atomic E-state index is 0.153. The first kappa shape index (κ1) is 28.9. The van der Waals surface area contributed by atoms with E-state index in [1.807, 2.05) is 53.4 Å². The van der Waals surface area contributed by atoms with Crippen molar-refractivity contribution < 1.29 is 23.9 Å². The van der Waals surface area contributed by atoms with Crippen molar-refractivity contribution in [3.05, 3.63) is 77.5 Å². The molecule has 0 aliphatic carbocycles. The molecule has 1 fully saturated rings. The van der Waals surface area contributed by atoms with Crippen LogP contribution in [0.5, 0.6) is 0 Å². The number of piperidine rings is 1. The SMILES string of the molecule is CCOC(=O)CCNC(=O)/C(C)=C/c1cn(CCC2CCN(C(=O)OCc3ccccc3)CC2)c2ccccc12. The predicted octanol–water partition coefficient (Wildman–Crippen LogP) is 5.55. The summed E-state index contributed by atoms with van der Waals surface area (Å²) in [6, 6.07) is 17.9. The number of para-hydroxylation sites is 1. The van der Waals surface area contributed by atoms with E-state index < -0.39 is 0 Å². The number of nitrogens with one attached hydrogen (secondary N) is 1. The van der Waals surface area contributed by atoms with Crippen LogP contribution >= 0.6 is 0 Å². The maximum atomic E-state index is 12.6. The summed E-state index contributed by atoms with van der Waals surface area (Å²) < 4.78 is 12.7. The Morgan fingerprint density at radius 3 is 2.48 bits per heavy atom. The zero-order valence-corrected chi connectivity index (χ0v) is 23.4. The number of nitrogens with zero attached hydrogens (tertiary/aromatic N) is 2. The van der Waals surface area contributed by atoms with E-state index in [-0.39, 0.29) is 30.9 Å².